The number of ether oxygens (including phenoxy) is 2. The normalized spacial score (nSPS) is 36.3. The van der Waals surface area contributed by atoms with Gasteiger partial charge in [-0.2, -0.15) is 0 Å². The molecule has 136 valence electrons. The first-order valence-corrected chi connectivity index (χ1v) is 9.30. The highest BCUT2D eigenvalue weighted by molar-refractivity contribution is 5.97. The number of benzene rings is 1. The Morgan fingerprint density at radius 2 is 2.35 bits per heavy atom. The third-order valence-electron chi connectivity index (χ3n) is 6.89. The number of amides is 1. The molecule has 26 heavy (non-hydrogen) atoms. The van der Waals surface area contributed by atoms with Crippen LogP contribution >= 0.6 is 0 Å². The molecule has 0 aromatic heterocycles. The Morgan fingerprint density at radius 3 is 3.08 bits per heavy atom. The summed E-state index contributed by atoms with van der Waals surface area (Å²) in [6.07, 6.45) is 8.17. The van der Waals surface area contributed by atoms with Crippen LogP contribution in [-0.2, 0) is 16.6 Å². The fraction of sp³-hybridized carbons (Fsp3) is 0.476. The predicted octanol–water partition coefficient (Wildman–Crippen LogP) is 1.80. The molecule has 1 amide bonds. The van der Waals surface area contributed by atoms with Gasteiger partial charge in [-0.05, 0) is 31.0 Å². The second kappa shape index (κ2) is 5.44. The van der Waals surface area contributed by atoms with Crippen LogP contribution in [0, 0.1) is 5.92 Å². The lowest BCUT2D eigenvalue weighted by molar-refractivity contribution is -0.0608. The summed E-state index contributed by atoms with van der Waals surface area (Å²) in [4.78, 5) is 14.5. The molecule has 2 aliphatic heterocycles. The second-order valence-electron chi connectivity index (χ2n) is 7.84. The molecule has 5 atom stereocenters. The summed E-state index contributed by atoms with van der Waals surface area (Å²) >= 11 is 0. The number of hydrogen-bond donors (Lipinski definition) is 1. The average Bonchev–Trinajstić information content (AvgIpc) is 2.98. The number of carbonyl (C=O) groups is 1. The molecule has 2 heterocycles. The minimum atomic E-state index is -0.428. The van der Waals surface area contributed by atoms with Gasteiger partial charge in [0.15, 0.2) is 0 Å². The van der Waals surface area contributed by atoms with Gasteiger partial charge in [0, 0.05) is 36.6 Å². The van der Waals surface area contributed by atoms with Gasteiger partial charge in [-0.15, -0.1) is 6.58 Å². The van der Waals surface area contributed by atoms with Crippen molar-refractivity contribution >= 4 is 5.91 Å². The van der Waals surface area contributed by atoms with E-state index in [9.17, 15) is 4.79 Å². The molecule has 5 unspecified atom stereocenters. The molecular formula is C21H24N2O3. The molecular weight excluding hydrogens is 328 g/mol. The van der Waals surface area contributed by atoms with E-state index < -0.39 is 5.91 Å². The largest absolute Gasteiger partial charge is 0.485 e. The van der Waals surface area contributed by atoms with Crippen LogP contribution in [0.5, 0.6) is 5.75 Å². The number of likely N-dealkylation sites (tertiary alicyclic amines) is 1. The van der Waals surface area contributed by atoms with Crippen LogP contribution in [0.1, 0.15) is 27.9 Å². The van der Waals surface area contributed by atoms with Crippen LogP contribution in [0.2, 0.25) is 0 Å². The van der Waals surface area contributed by atoms with Crippen molar-refractivity contribution in [1.29, 1.82) is 0 Å². The summed E-state index contributed by atoms with van der Waals surface area (Å²) in [5.41, 5.74) is 8.51. The van der Waals surface area contributed by atoms with Crippen LogP contribution < -0.4 is 10.5 Å². The Labute approximate surface area is 153 Å². The van der Waals surface area contributed by atoms with Gasteiger partial charge in [-0.1, -0.05) is 24.3 Å². The number of nitrogens with two attached hydrogens (primary N) is 1. The lowest BCUT2D eigenvalue weighted by Gasteiger charge is -2.57. The predicted molar refractivity (Wildman–Crippen MR) is 98.4 cm³/mol. The Hall–Kier alpha value is -2.11. The number of rotatable bonds is 4. The molecule has 0 radical (unpaired) electrons. The molecule has 5 heteroatoms. The van der Waals surface area contributed by atoms with Crippen LogP contribution in [0.4, 0.5) is 0 Å². The molecule has 5 nitrogen and oxygen atoms in total. The van der Waals surface area contributed by atoms with Crippen molar-refractivity contribution in [1.82, 2.24) is 4.90 Å². The van der Waals surface area contributed by atoms with Gasteiger partial charge in [0.2, 0.25) is 0 Å². The summed E-state index contributed by atoms with van der Waals surface area (Å²) in [7, 11) is 1.72. The molecule has 1 aromatic rings. The highest BCUT2D eigenvalue weighted by Crippen LogP contribution is 2.61. The Kier molecular flexibility index (Phi) is 3.37. The van der Waals surface area contributed by atoms with Gasteiger partial charge >= 0.3 is 0 Å². The molecule has 2 bridgehead atoms. The minimum absolute atomic E-state index is 0.106. The number of piperidine rings is 1. The fourth-order valence-corrected chi connectivity index (χ4v) is 5.92. The van der Waals surface area contributed by atoms with Crippen molar-refractivity contribution < 1.29 is 14.3 Å². The van der Waals surface area contributed by atoms with Gasteiger partial charge in [-0.3, -0.25) is 9.69 Å². The first kappa shape index (κ1) is 16.1. The highest BCUT2D eigenvalue weighted by Gasteiger charge is 2.64. The summed E-state index contributed by atoms with van der Waals surface area (Å²) in [6, 6.07) is 4.32. The van der Waals surface area contributed by atoms with Crippen LogP contribution in [0.25, 0.3) is 0 Å². The molecule has 1 spiro atoms. The van der Waals surface area contributed by atoms with Gasteiger partial charge in [0.1, 0.15) is 18.0 Å². The standard InChI is InChI=1S/C21H24N2O3/c1-3-9-23-10-8-21-14-6-7-16(25-2)19(21)26-18-13(20(22)24)5-4-12(17(18)21)11-15(14)23/h3-7,14-16,19H,1,8-11H2,2H3,(H2,22,24). The van der Waals surface area contributed by atoms with Gasteiger partial charge in [-0.25, -0.2) is 0 Å². The number of carbonyl (C=O) groups excluding carboxylic acids is 1. The van der Waals surface area contributed by atoms with Crippen molar-refractivity contribution in [3.63, 3.8) is 0 Å². The minimum Gasteiger partial charge on any atom is -0.485 e. The molecule has 2 aliphatic carbocycles. The first-order chi connectivity index (χ1) is 12.6. The molecule has 1 saturated heterocycles. The molecule has 5 rings (SSSR count). The van der Waals surface area contributed by atoms with E-state index in [4.69, 9.17) is 15.2 Å². The van der Waals surface area contributed by atoms with E-state index >= 15 is 0 Å². The van der Waals surface area contributed by atoms with Gasteiger partial charge < -0.3 is 15.2 Å². The van der Waals surface area contributed by atoms with E-state index in [1.807, 2.05) is 12.1 Å². The molecule has 1 fully saturated rings. The summed E-state index contributed by atoms with van der Waals surface area (Å²) in [5, 5.41) is 0. The van der Waals surface area contributed by atoms with Crippen LogP contribution in [-0.4, -0.2) is 49.3 Å². The average molecular weight is 352 g/mol. The van der Waals surface area contributed by atoms with Crippen molar-refractivity contribution in [2.45, 2.75) is 36.5 Å². The maximum absolute atomic E-state index is 12.0. The van der Waals surface area contributed by atoms with E-state index in [0.29, 0.717) is 23.3 Å². The number of hydrogen-bond acceptors (Lipinski definition) is 4. The Bertz CT molecular complexity index is 833. The third-order valence-corrected chi connectivity index (χ3v) is 6.89. The molecule has 4 aliphatic rings. The Balaban J connectivity index is 1.75. The maximum atomic E-state index is 12.0. The van der Waals surface area contributed by atoms with Gasteiger partial charge in [0.25, 0.3) is 5.91 Å². The van der Waals surface area contributed by atoms with Crippen molar-refractivity contribution in [2.24, 2.45) is 11.7 Å². The SMILES string of the molecule is C=CCN1CCC23c4c5ccc(C(N)=O)c4OC2C(OC)C=CC3C1C5. The van der Waals surface area contributed by atoms with Crippen molar-refractivity contribution in [3.8, 4) is 5.75 Å². The molecule has 0 saturated carbocycles. The monoisotopic (exact) mass is 352 g/mol. The maximum Gasteiger partial charge on any atom is 0.252 e. The van der Waals surface area contributed by atoms with Crippen molar-refractivity contribution in [2.75, 3.05) is 20.2 Å². The van der Waals surface area contributed by atoms with Crippen LogP contribution in [0.3, 0.4) is 0 Å². The zero-order valence-electron chi connectivity index (χ0n) is 15.0. The molecule has 2 N–H and O–H groups in total. The zero-order valence-corrected chi connectivity index (χ0v) is 15.0. The quantitative estimate of drug-likeness (QED) is 0.840. The lowest BCUT2D eigenvalue weighted by atomic mass is 9.53. The highest BCUT2D eigenvalue weighted by atomic mass is 16.5. The number of methoxy groups -OCH3 is 1. The smallest absolute Gasteiger partial charge is 0.252 e. The van der Waals surface area contributed by atoms with E-state index in [2.05, 4.69) is 29.7 Å². The third kappa shape index (κ3) is 1.80. The van der Waals surface area contributed by atoms with Gasteiger partial charge in [0.05, 0.1) is 5.56 Å². The lowest BCUT2D eigenvalue weighted by Crippen LogP contribution is -2.65. The second-order valence-corrected chi connectivity index (χ2v) is 7.84. The number of nitrogens with zero attached hydrogens (tertiary/aromatic N) is 1. The van der Waals surface area contributed by atoms with E-state index in [0.717, 1.165) is 25.9 Å². The zero-order chi connectivity index (χ0) is 18.1. The summed E-state index contributed by atoms with van der Waals surface area (Å²) in [5.74, 6) is 0.624. The Morgan fingerprint density at radius 1 is 1.50 bits per heavy atom. The number of primary amides is 1. The van der Waals surface area contributed by atoms with E-state index in [1.54, 1.807) is 7.11 Å². The summed E-state index contributed by atoms with van der Waals surface area (Å²) in [6.45, 7) is 5.82. The van der Waals surface area contributed by atoms with E-state index in [-0.39, 0.29) is 17.6 Å². The van der Waals surface area contributed by atoms with Crippen molar-refractivity contribution in [3.05, 3.63) is 53.6 Å². The molecule has 1 aromatic carbocycles. The topological polar surface area (TPSA) is 64.8 Å². The summed E-state index contributed by atoms with van der Waals surface area (Å²) < 4.78 is 12.2. The fourth-order valence-electron chi connectivity index (χ4n) is 5.92. The van der Waals surface area contributed by atoms with E-state index in [1.165, 1.54) is 11.1 Å². The van der Waals surface area contributed by atoms with Crippen LogP contribution in [0.15, 0.2) is 36.9 Å². The first-order valence-electron chi connectivity index (χ1n) is 9.30.